The van der Waals surface area contributed by atoms with Gasteiger partial charge in [-0.3, -0.25) is 19.2 Å². The first kappa shape index (κ1) is 27.6. The summed E-state index contributed by atoms with van der Waals surface area (Å²) in [6.45, 7) is 0. The van der Waals surface area contributed by atoms with Crippen molar-refractivity contribution >= 4 is 47.0 Å². The van der Waals surface area contributed by atoms with Gasteiger partial charge in [0.05, 0.1) is 11.0 Å². The van der Waals surface area contributed by atoms with Crippen molar-refractivity contribution in [2.75, 3.05) is 0 Å². The summed E-state index contributed by atoms with van der Waals surface area (Å²) in [5, 5.41) is 2.02. The minimum absolute atomic E-state index is 0.596. The number of carbonyl (C=O) groups excluding carboxylic acids is 4. The summed E-state index contributed by atoms with van der Waals surface area (Å²) in [4.78, 5) is 49.2. The molecule has 0 amide bonds. The van der Waals surface area contributed by atoms with E-state index in [2.05, 4.69) is 29.2 Å². The van der Waals surface area contributed by atoms with Gasteiger partial charge in [0.2, 0.25) is 0 Å². The third-order valence-electron chi connectivity index (χ3n) is 8.29. The summed E-state index contributed by atoms with van der Waals surface area (Å²) in [6.07, 6.45) is 3.33. The quantitative estimate of drug-likeness (QED) is 0.181. The van der Waals surface area contributed by atoms with E-state index >= 15 is 0 Å². The van der Waals surface area contributed by atoms with E-state index in [4.69, 9.17) is 0 Å². The number of hydrogen-bond donors (Lipinski definition) is 1. The second-order valence-corrected chi connectivity index (χ2v) is 11.0. The Balaban J connectivity index is 1.55. The normalized spacial score (nSPS) is 11.0. The van der Waals surface area contributed by atoms with Crippen molar-refractivity contribution in [1.82, 2.24) is 4.98 Å². The molecule has 0 radical (unpaired) electrons. The highest BCUT2D eigenvalue weighted by atomic mass is 16.1. The van der Waals surface area contributed by atoms with Gasteiger partial charge < -0.3 is 4.98 Å². The number of benzene rings is 6. The molecule has 0 saturated carbocycles. The molecular weight excluding hydrogens is 558 g/mol. The molecule has 0 aliphatic carbocycles. The fourth-order valence-corrected chi connectivity index (χ4v) is 5.88. The molecule has 0 bridgehead atoms. The van der Waals surface area contributed by atoms with E-state index in [1.165, 1.54) is 0 Å². The summed E-state index contributed by atoms with van der Waals surface area (Å²) >= 11 is 0. The summed E-state index contributed by atoms with van der Waals surface area (Å²) in [5.41, 5.74) is 12.0. The molecule has 0 fully saturated rings. The minimum Gasteiger partial charge on any atom is -0.353 e. The molecule has 1 N–H and O–H groups in total. The smallest absolute Gasteiger partial charge is 0.150 e. The molecular formula is C40H25NO4. The number of carbonyl (C=O) groups is 4. The molecule has 7 aromatic rings. The first-order chi connectivity index (χ1) is 22.1. The summed E-state index contributed by atoms with van der Waals surface area (Å²) in [7, 11) is 0. The first-order valence-corrected chi connectivity index (χ1v) is 14.4. The lowest BCUT2D eigenvalue weighted by molar-refractivity contribution is 0.111. The molecule has 0 atom stereocenters. The lowest BCUT2D eigenvalue weighted by Crippen LogP contribution is -1.87. The van der Waals surface area contributed by atoms with E-state index in [-0.39, 0.29) is 0 Å². The van der Waals surface area contributed by atoms with E-state index in [1.54, 1.807) is 0 Å². The van der Waals surface area contributed by atoms with E-state index in [0.29, 0.717) is 22.3 Å². The minimum atomic E-state index is 0.596. The Morgan fingerprint density at radius 1 is 0.333 bits per heavy atom. The summed E-state index contributed by atoms with van der Waals surface area (Å²) in [6, 6.07) is 38.6. The topological polar surface area (TPSA) is 84.1 Å². The fourth-order valence-electron chi connectivity index (χ4n) is 5.88. The Labute approximate surface area is 258 Å². The van der Waals surface area contributed by atoms with Crippen LogP contribution in [-0.4, -0.2) is 30.1 Å². The van der Waals surface area contributed by atoms with Crippen molar-refractivity contribution in [1.29, 1.82) is 0 Å². The Morgan fingerprint density at radius 2 is 0.622 bits per heavy atom. The van der Waals surface area contributed by atoms with Gasteiger partial charge >= 0.3 is 0 Å². The largest absolute Gasteiger partial charge is 0.353 e. The number of rotatable bonds is 8. The summed E-state index contributed by atoms with van der Waals surface area (Å²) < 4.78 is 0. The van der Waals surface area contributed by atoms with Crippen molar-refractivity contribution in [3.63, 3.8) is 0 Å². The number of nitrogens with one attached hydrogen (secondary N) is 1. The predicted molar refractivity (Wildman–Crippen MR) is 179 cm³/mol. The van der Waals surface area contributed by atoms with E-state index < -0.39 is 0 Å². The predicted octanol–water partition coefficient (Wildman–Crippen LogP) is 9.24. The maximum Gasteiger partial charge on any atom is 0.150 e. The zero-order valence-electron chi connectivity index (χ0n) is 24.0. The van der Waals surface area contributed by atoms with Gasteiger partial charge in [-0.05, 0) is 57.6 Å². The fraction of sp³-hybridized carbons (Fsp3) is 0. The molecule has 0 unspecified atom stereocenters. The third kappa shape index (κ3) is 5.07. The maximum atomic E-state index is 11.4. The van der Waals surface area contributed by atoms with Gasteiger partial charge in [-0.15, -0.1) is 0 Å². The van der Waals surface area contributed by atoms with Gasteiger partial charge in [-0.2, -0.15) is 0 Å². The molecule has 7 rings (SSSR count). The number of aldehydes is 4. The number of fused-ring (bicyclic) bond motifs is 3. The number of aromatic nitrogens is 1. The zero-order chi connectivity index (χ0) is 30.9. The van der Waals surface area contributed by atoms with Crippen LogP contribution in [0, 0.1) is 0 Å². The Bertz CT molecular complexity index is 2080. The molecule has 1 heterocycles. The average molecular weight is 584 g/mol. The molecule has 5 nitrogen and oxygen atoms in total. The zero-order valence-corrected chi connectivity index (χ0v) is 24.0. The Kier molecular flexibility index (Phi) is 7.04. The molecule has 0 saturated heterocycles. The van der Waals surface area contributed by atoms with Gasteiger partial charge in [-0.25, -0.2) is 0 Å². The van der Waals surface area contributed by atoms with Crippen molar-refractivity contribution in [3.05, 3.63) is 144 Å². The van der Waals surface area contributed by atoms with Crippen LogP contribution in [0.2, 0.25) is 0 Å². The molecule has 0 aliphatic heterocycles. The van der Waals surface area contributed by atoms with E-state index in [1.807, 2.05) is 97.1 Å². The number of H-pyrrole nitrogens is 1. The Hall–Kier alpha value is -6.20. The van der Waals surface area contributed by atoms with Crippen LogP contribution in [0.15, 0.2) is 121 Å². The highest BCUT2D eigenvalue weighted by Gasteiger charge is 2.18. The first-order valence-electron chi connectivity index (χ1n) is 14.4. The molecule has 0 spiro atoms. The van der Waals surface area contributed by atoms with Gasteiger partial charge in [0.15, 0.2) is 0 Å². The van der Waals surface area contributed by atoms with Crippen LogP contribution >= 0.6 is 0 Å². The molecule has 0 aliphatic rings. The monoisotopic (exact) mass is 583 g/mol. The van der Waals surface area contributed by atoms with Crippen molar-refractivity contribution in [2.45, 2.75) is 0 Å². The molecule has 1 aromatic heterocycles. The highest BCUT2D eigenvalue weighted by molar-refractivity contribution is 6.17. The number of aromatic amines is 1. The second-order valence-electron chi connectivity index (χ2n) is 11.0. The molecule has 6 aromatic carbocycles. The lowest BCUT2D eigenvalue weighted by atomic mass is 9.92. The van der Waals surface area contributed by atoms with Crippen molar-refractivity contribution in [2.24, 2.45) is 0 Å². The van der Waals surface area contributed by atoms with Gasteiger partial charge in [0.25, 0.3) is 0 Å². The van der Waals surface area contributed by atoms with Crippen LogP contribution < -0.4 is 0 Å². The number of hydrogen-bond acceptors (Lipinski definition) is 4. The van der Waals surface area contributed by atoms with E-state index in [9.17, 15) is 19.2 Å². The van der Waals surface area contributed by atoms with Gasteiger partial charge in [0, 0.05) is 44.2 Å². The molecule has 214 valence electrons. The lowest BCUT2D eigenvalue weighted by Gasteiger charge is -2.10. The van der Waals surface area contributed by atoms with Crippen LogP contribution in [0.1, 0.15) is 41.4 Å². The highest BCUT2D eigenvalue weighted by Crippen LogP contribution is 2.42. The third-order valence-corrected chi connectivity index (χ3v) is 8.29. The maximum absolute atomic E-state index is 11.4. The summed E-state index contributed by atoms with van der Waals surface area (Å²) in [5.74, 6) is 0. The standard InChI is InChI=1S/C40H25NO4/c42-21-25-1-9-29(10-2-25)33-17-35(31-13-5-27(23-44)6-14-31)39-37(19-33)38-20-34(30-11-3-26(22-43)4-12-30)18-36(40(38)41-39)32-15-7-28(24-45)8-16-32/h1-24,41H. The van der Waals surface area contributed by atoms with Gasteiger partial charge in [0.1, 0.15) is 25.1 Å². The average Bonchev–Trinajstić information content (AvgIpc) is 3.49. The van der Waals surface area contributed by atoms with Gasteiger partial charge in [-0.1, -0.05) is 97.1 Å². The SMILES string of the molecule is O=Cc1ccc(-c2cc(-c3ccc(C=O)cc3)c3[nH]c4c(-c5ccc(C=O)cc5)cc(-c5ccc(C=O)cc5)cc4c3c2)cc1. The van der Waals surface area contributed by atoms with E-state index in [0.717, 1.165) is 91.5 Å². The Morgan fingerprint density at radius 3 is 0.911 bits per heavy atom. The second kappa shape index (κ2) is 11.5. The van der Waals surface area contributed by atoms with Crippen LogP contribution in [0.5, 0.6) is 0 Å². The van der Waals surface area contributed by atoms with Crippen LogP contribution in [0.3, 0.4) is 0 Å². The van der Waals surface area contributed by atoms with Crippen LogP contribution in [0.4, 0.5) is 0 Å². The van der Waals surface area contributed by atoms with Crippen molar-refractivity contribution < 1.29 is 19.2 Å². The van der Waals surface area contributed by atoms with Crippen LogP contribution in [0.25, 0.3) is 66.3 Å². The molecule has 45 heavy (non-hydrogen) atoms. The van der Waals surface area contributed by atoms with Crippen LogP contribution in [-0.2, 0) is 0 Å². The molecule has 5 heteroatoms. The van der Waals surface area contributed by atoms with Crippen molar-refractivity contribution in [3.8, 4) is 44.5 Å².